The van der Waals surface area contributed by atoms with Gasteiger partial charge in [0, 0.05) is 65.3 Å². The Bertz CT molecular complexity index is 1600. The molecule has 0 spiro atoms. The van der Waals surface area contributed by atoms with Crippen molar-refractivity contribution >= 4 is 38.7 Å². The smallest absolute Gasteiger partial charge is 0.163 e. The van der Waals surface area contributed by atoms with E-state index in [2.05, 4.69) is 61.7 Å². The number of rotatable bonds is 3. The van der Waals surface area contributed by atoms with Crippen LogP contribution < -0.4 is 10.2 Å². The van der Waals surface area contributed by atoms with E-state index in [1.54, 1.807) is 0 Å². The first-order valence-electron chi connectivity index (χ1n) is 12.8. The molecule has 3 fully saturated rings. The molecule has 2 N–H and O–H groups in total. The fourth-order valence-electron chi connectivity index (χ4n) is 6.51. The Hall–Kier alpha value is -3.58. The molecule has 1 aromatic carbocycles. The van der Waals surface area contributed by atoms with Gasteiger partial charge < -0.3 is 15.2 Å². The number of benzene rings is 1. The van der Waals surface area contributed by atoms with Crippen LogP contribution in [0.15, 0.2) is 48.9 Å². The van der Waals surface area contributed by atoms with E-state index in [1.807, 2.05) is 12.4 Å². The van der Waals surface area contributed by atoms with Gasteiger partial charge in [-0.25, -0.2) is 15.0 Å². The minimum absolute atomic E-state index is 0.494. The summed E-state index contributed by atoms with van der Waals surface area (Å²) >= 11 is 0. The van der Waals surface area contributed by atoms with E-state index < -0.39 is 0 Å². The lowest BCUT2D eigenvalue weighted by Gasteiger charge is -2.30. The summed E-state index contributed by atoms with van der Waals surface area (Å²) in [5.74, 6) is 3.11. The topological polar surface area (TPSA) is 82.6 Å². The standard InChI is InChI=1S/C28H27N7/c1-2-7-21-18(6-1)24-19(8-10-31-27(24)32-21)26-33-22-14-30-13-20(16-4-3-5-16)25(22)28(34-26)35-11-9-17-12-29-15-23(17)35/h1-2,6-8,10,13-14,16-17,23,29H,3-5,9,11-12,15H2,(H,31,32)/t17-,23+/m1/s1. The summed E-state index contributed by atoms with van der Waals surface area (Å²) in [7, 11) is 0. The summed E-state index contributed by atoms with van der Waals surface area (Å²) in [5, 5.41) is 7.06. The van der Waals surface area contributed by atoms with E-state index in [-0.39, 0.29) is 0 Å². The Kier molecular flexibility index (Phi) is 4.20. The maximum Gasteiger partial charge on any atom is 0.163 e. The lowest BCUT2D eigenvalue weighted by Crippen LogP contribution is -2.35. The van der Waals surface area contributed by atoms with Gasteiger partial charge in [0.15, 0.2) is 5.82 Å². The third-order valence-electron chi connectivity index (χ3n) is 8.52. The van der Waals surface area contributed by atoms with Crippen LogP contribution in [0.5, 0.6) is 0 Å². The van der Waals surface area contributed by atoms with Crippen molar-refractivity contribution in [2.24, 2.45) is 5.92 Å². The zero-order valence-corrected chi connectivity index (χ0v) is 19.5. The first-order valence-corrected chi connectivity index (χ1v) is 12.8. The molecule has 7 nitrogen and oxygen atoms in total. The largest absolute Gasteiger partial charge is 0.351 e. The molecular weight excluding hydrogens is 434 g/mol. The third kappa shape index (κ3) is 2.88. The van der Waals surface area contributed by atoms with Crippen LogP contribution in [0, 0.1) is 5.92 Å². The molecule has 6 heterocycles. The van der Waals surface area contributed by atoms with Crippen molar-refractivity contribution in [1.82, 2.24) is 30.2 Å². The van der Waals surface area contributed by atoms with Crippen molar-refractivity contribution in [1.29, 1.82) is 0 Å². The molecule has 8 rings (SSSR count). The van der Waals surface area contributed by atoms with Gasteiger partial charge in [-0.2, -0.15) is 0 Å². The van der Waals surface area contributed by atoms with Gasteiger partial charge >= 0.3 is 0 Å². The SMILES string of the molecule is c1ccc2c(c1)[nH]c1nccc(-c3nc(N4CC[C@@H]5CNC[C@@H]54)c4c(C5CCC5)cncc4n3)c12. The van der Waals surface area contributed by atoms with Gasteiger partial charge in [0.2, 0.25) is 0 Å². The fraction of sp³-hybridized carbons (Fsp3) is 0.357. The molecule has 7 heteroatoms. The Morgan fingerprint density at radius 2 is 1.89 bits per heavy atom. The van der Waals surface area contributed by atoms with Crippen LogP contribution in [-0.4, -0.2) is 50.6 Å². The molecule has 1 saturated carbocycles. The van der Waals surface area contributed by atoms with Crippen LogP contribution in [0.1, 0.15) is 37.2 Å². The Labute approximate surface area is 203 Å². The second-order valence-electron chi connectivity index (χ2n) is 10.3. The normalized spacial score (nSPS) is 22.3. The molecule has 35 heavy (non-hydrogen) atoms. The predicted molar refractivity (Wildman–Crippen MR) is 139 cm³/mol. The molecule has 174 valence electrons. The van der Waals surface area contributed by atoms with E-state index in [1.165, 1.54) is 36.6 Å². The van der Waals surface area contributed by atoms with E-state index in [0.29, 0.717) is 17.9 Å². The molecular formula is C28H27N7. The van der Waals surface area contributed by atoms with Gasteiger partial charge in [0.25, 0.3) is 0 Å². The molecule has 0 unspecified atom stereocenters. The number of nitrogens with one attached hydrogen (secondary N) is 2. The van der Waals surface area contributed by atoms with Crippen molar-refractivity contribution in [3.05, 3.63) is 54.5 Å². The number of nitrogens with zero attached hydrogens (tertiary/aromatic N) is 5. The highest BCUT2D eigenvalue weighted by Gasteiger charge is 2.39. The van der Waals surface area contributed by atoms with Crippen molar-refractivity contribution in [2.75, 3.05) is 24.5 Å². The Balaban J connectivity index is 1.41. The van der Waals surface area contributed by atoms with Gasteiger partial charge in [0.1, 0.15) is 11.5 Å². The highest BCUT2D eigenvalue weighted by Crippen LogP contribution is 2.44. The monoisotopic (exact) mass is 461 g/mol. The van der Waals surface area contributed by atoms with Gasteiger partial charge in [0.05, 0.1) is 11.7 Å². The van der Waals surface area contributed by atoms with E-state index in [9.17, 15) is 0 Å². The van der Waals surface area contributed by atoms with Crippen molar-refractivity contribution < 1.29 is 0 Å². The molecule has 2 atom stereocenters. The minimum atomic E-state index is 0.494. The van der Waals surface area contributed by atoms with E-state index in [4.69, 9.17) is 9.97 Å². The number of hydrogen-bond acceptors (Lipinski definition) is 6. The van der Waals surface area contributed by atoms with Gasteiger partial charge in [-0.15, -0.1) is 0 Å². The number of hydrogen-bond donors (Lipinski definition) is 2. The lowest BCUT2D eigenvalue weighted by molar-refractivity contribution is 0.421. The first kappa shape index (κ1) is 19.7. The predicted octanol–water partition coefficient (Wildman–Crippen LogP) is 4.79. The molecule has 5 aromatic rings. The van der Waals surface area contributed by atoms with Crippen molar-refractivity contribution in [3.8, 4) is 11.4 Å². The Morgan fingerprint density at radius 1 is 0.943 bits per heavy atom. The molecule has 2 aliphatic heterocycles. The summed E-state index contributed by atoms with van der Waals surface area (Å²) in [6.45, 7) is 3.18. The zero-order chi connectivity index (χ0) is 22.9. The number of fused-ring (bicyclic) bond motifs is 5. The number of aromatic amines is 1. The molecule has 3 aliphatic rings. The quantitative estimate of drug-likeness (QED) is 0.402. The van der Waals surface area contributed by atoms with Crippen LogP contribution >= 0.6 is 0 Å². The molecule has 2 saturated heterocycles. The second kappa shape index (κ2) is 7.46. The van der Waals surface area contributed by atoms with E-state index in [0.717, 1.165) is 64.3 Å². The third-order valence-corrected chi connectivity index (χ3v) is 8.52. The number of H-pyrrole nitrogens is 1. The number of aromatic nitrogens is 5. The minimum Gasteiger partial charge on any atom is -0.351 e. The van der Waals surface area contributed by atoms with Crippen LogP contribution in [0.2, 0.25) is 0 Å². The molecule has 0 radical (unpaired) electrons. The molecule has 4 aromatic heterocycles. The first-order chi connectivity index (χ1) is 17.3. The number of para-hydroxylation sites is 1. The Morgan fingerprint density at radius 3 is 2.80 bits per heavy atom. The summed E-state index contributed by atoms with van der Waals surface area (Å²) in [6.07, 6.45) is 10.8. The lowest BCUT2D eigenvalue weighted by atomic mass is 9.79. The highest BCUT2D eigenvalue weighted by molar-refractivity contribution is 6.12. The maximum atomic E-state index is 5.37. The maximum absolute atomic E-state index is 5.37. The van der Waals surface area contributed by atoms with E-state index >= 15 is 0 Å². The average molecular weight is 462 g/mol. The fourth-order valence-corrected chi connectivity index (χ4v) is 6.51. The van der Waals surface area contributed by atoms with Crippen molar-refractivity contribution in [3.63, 3.8) is 0 Å². The van der Waals surface area contributed by atoms with Crippen LogP contribution in [0.4, 0.5) is 5.82 Å². The average Bonchev–Trinajstić information content (AvgIpc) is 3.56. The molecule has 0 bridgehead atoms. The summed E-state index contributed by atoms with van der Waals surface area (Å²) in [5.41, 5.74) is 5.25. The highest BCUT2D eigenvalue weighted by atomic mass is 15.3. The van der Waals surface area contributed by atoms with Gasteiger partial charge in [-0.3, -0.25) is 4.98 Å². The van der Waals surface area contributed by atoms with Crippen molar-refractivity contribution in [2.45, 2.75) is 37.6 Å². The second-order valence-corrected chi connectivity index (χ2v) is 10.3. The molecule has 0 amide bonds. The number of anilines is 1. The van der Waals surface area contributed by atoms with Crippen LogP contribution in [-0.2, 0) is 0 Å². The van der Waals surface area contributed by atoms with Crippen LogP contribution in [0.25, 0.3) is 44.2 Å². The van der Waals surface area contributed by atoms with Gasteiger partial charge in [-0.05, 0) is 48.8 Å². The number of pyridine rings is 2. The van der Waals surface area contributed by atoms with Crippen LogP contribution in [0.3, 0.4) is 0 Å². The zero-order valence-electron chi connectivity index (χ0n) is 19.5. The van der Waals surface area contributed by atoms with Gasteiger partial charge in [-0.1, -0.05) is 24.6 Å². The molecule has 1 aliphatic carbocycles. The summed E-state index contributed by atoms with van der Waals surface area (Å²) in [4.78, 5) is 25.8. The summed E-state index contributed by atoms with van der Waals surface area (Å²) in [6, 6.07) is 10.9. The summed E-state index contributed by atoms with van der Waals surface area (Å²) < 4.78 is 0.